The summed E-state index contributed by atoms with van der Waals surface area (Å²) in [6.45, 7) is 3.61. The van der Waals surface area contributed by atoms with E-state index >= 15 is 0 Å². The molecule has 1 aromatic carbocycles. The van der Waals surface area contributed by atoms with E-state index in [9.17, 15) is 4.79 Å². The van der Waals surface area contributed by atoms with Gasteiger partial charge >= 0.3 is 0 Å². The zero-order valence-electron chi connectivity index (χ0n) is 10.8. The molecule has 0 aliphatic carbocycles. The molecule has 2 N–H and O–H groups in total. The van der Waals surface area contributed by atoms with E-state index in [-0.39, 0.29) is 5.91 Å². The Balaban J connectivity index is 2.00. The van der Waals surface area contributed by atoms with Crippen LogP contribution in [0.2, 0.25) is 5.02 Å². The molecular weight excluding hydrogens is 262 g/mol. The molecule has 100 valence electrons. The van der Waals surface area contributed by atoms with Gasteiger partial charge in [-0.2, -0.15) is 0 Å². The minimum atomic E-state index is -0.574. The molecule has 0 bridgehead atoms. The molecule has 0 aromatic heterocycles. The number of carbonyl (C=O) groups excluding carboxylic acids is 1. The van der Waals surface area contributed by atoms with Crippen LogP contribution in [0.3, 0.4) is 0 Å². The second kappa shape index (κ2) is 4.62. The van der Waals surface area contributed by atoms with Crippen LogP contribution in [-0.4, -0.2) is 30.4 Å². The Labute approximate surface area is 117 Å². The second-order valence-corrected chi connectivity index (χ2v) is 5.52. The highest BCUT2D eigenvalue weighted by Crippen LogP contribution is 2.29. The summed E-state index contributed by atoms with van der Waals surface area (Å²) in [5, 5.41) is 6.88. The summed E-state index contributed by atoms with van der Waals surface area (Å²) in [5.74, 6) is 0.676. The largest absolute Gasteiger partial charge is 0.317 e. The molecule has 2 aliphatic heterocycles. The topological polar surface area (TPSA) is 53.5 Å². The number of amidine groups is 1. The number of nitrogens with one attached hydrogen (secondary N) is 2. The molecule has 0 saturated carbocycles. The lowest BCUT2D eigenvalue weighted by Crippen LogP contribution is -2.47. The number of hydrogen-bond donors (Lipinski definition) is 2. The van der Waals surface area contributed by atoms with Gasteiger partial charge in [0.05, 0.1) is 0 Å². The Kier molecular flexibility index (Phi) is 3.07. The molecule has 1 saturated heterocycles. The summed E-state index contributed by atoms with van der Waals surface area (Å²) in [4.78, 5) is 16.9. The van der Waals surface area contributed by atoms with Crippen LogP contribution in [0, 0.1) is 6.92 Å². The molecule has 0 radical (unpaired) electrons. The number of rotatable bonds is 1. The fourth-order valence-corrected chi connectivity index (χ4v) is 2.86. The first kappa shape index (κ1) is 12.6. The van der Waals surface area contributed by atoms with E-state index in [0.29, 0.717) is 10.9 Å². The first-order valence-electron chi connectivity index (χ1n) is 6.50. The first-order chi connectivity index (χ1) is 9.12. The van der Waals surface area contributed by atoms with Crippen molar-refractivity contribution in [2.45, 2.75) is 25.3 Å². The Morgan fingerprint density at radius 1 is 1.32 bits per heavy atom. The average molecular weight is 278 g/mol. The van der Waals surface area contributed by atoms with E-state index in [1.54, 1.807) is 0 Å². The molecule has 1 spiro atoms. The van der Waals surface area contributed by atoms with Crippen LogP contribution in [0.15, 0.2) is 23.2 Å². The van der Waals surface area contributed by atoms with Gasteiger partial charge < -0.3 is 10.6 Å². The fraction of sp³-hybridized carbons (Fsp3) is 0.429. The quantitative estimate of drug-likeness (QED) is 0.820. The van der Waals surface area contributed by atoms with Crippen LogP contribution in [-0.2, 0) is 4.79 Å². The fourth-order valence-electron chi connectivity index (χ4n) is 2.69. The first-order valence-corrected chi connectivity index (χ1v) is 6.88. The minimum Gasteiger partial charge on any atom is -0.317 e. The van der Waals surface area contributed by atoms with Crippen molar-refractivity contribution in [2.75, 3.05) is 13.1 Å². The molecule has 3 rings (SSSR count). The Hall–Kier alpha value is -1.39. The van der Waals surface area contributed by atoms with Crippen LogP contribution in [0.4, 0.5) is 0 Å². The minimum absolute atomic E-state index is 0.0170. The second-order valence-electron chi connectivity index (χ2n) is 5.11. The molecule has 19 heavy (non-hydrogen) atoms. The molecule has 0 unspecified atom stereocenters. The number of nitrogens with zero attached hydrogens (tertiary/aromatic N) is 1. The van der Waals surface area contributed by atoms with Gasteiger partial charge in [0.15, 0.2) is 0 Å². The predicted molar refractivity (Wildman–Crippen MR) is 75.7 cm³/mol. The van der Waals surface area contributed by atoms with Gasteiger partial charge in [-0.15, -0.1) is 0 Å². The monoisotopic (exact) mass is 277 g/mol. The van der Waals surface area contributed by atoms with Gasteiger partial charge in [-0.1, -0.05) is 23.7 Å². The average Bonchev–Trinajstić information content (AvgIpc) is 2.71. The van der Waals surface area contributed by atoms with Gasteiger partial charge in [0.25, 0.3) is 5.91 Å². The lowest BCUT2D eigenvalue weighted by atomic mass is 9.89. The van der Waals surface area contributed by atoms with Crippen molar-refractivity contribution < 1.29 is 4.79 Å². The van der Waals surface area contributed by atoms with Gasteiger partial charge in [0.2, 0.25) is 0 Å². The van der Waals surface area contributed by atoms with E-state index in [2.05, 4.69) is 15.6 Å². The van der Waals surface area contributed by atoms with Gasteiger partial charge in [0.1, 0.15) is 11.4 Å². The van der Waals surface area contributed by atoms with Crippen molar-refractivity contribution in [3.63, 3.8) is 0 Å². The molecule has 5 heteroatoms. The third kappa shape index (κ3) is 2.05. The predicted octanol–water partition coefficient (Wildman–Crippen LogP) is 1.65. The molecular formula is C14H16ClN3O. The summed E-state index contributed by atoms with van der Waals surface area (Å²) in [5.41, 5.74) is 1.29. The van der Waals surface area contributed by atoms with Crippen molar-refractivity contribution in [1.82, 2.24) is 10.6 Å². The Morgan fingerprint density at radius 2 is 2.05 bits per heavy atom. The highest BCUT2D eigenvalue weighted by Gasteiger charge is 2.44. The van der Waals surface area contributed by atoms with Crippen LogP contribution < -0.4 is 10.6 Å². The zero-order valence-corrected chi connectivity index (χ0v) is 11.5. The van der Waals surface area contributed by atoms with E-state index in [4.69, 9.17) is 11.6 Å². The summed E-state index contributed by atoms with van der Waals surface area (Å²) < 4.78 is 0. The maximum atomic E-state index is 12.2. The maximum absolute atomic E-state index is 12.2. The smallest absolute Gasteiger partial charge is 0.253 e. The number of aliphatic imine (C=N–C) groups is 1. The molecule has 1 amide bonds. The van der Waals surface area contributed by atoms with Gasteiger partial charge in [0, 0.05) is 10.6 Å². The molecule has 2 heterocycles. The van der Waals surface area contributed by atoms with Crippen LogP contribution in [0.5, 0.6) is 0 Å². The van der Waals surface area contributed by atoms with E-state index in [0.717, 1.165) is 37.1 Å². The van der Waals surface area contributed by atoms with Crippen molar-refractivity contribution in [2.24, 2.45) is 4.99 Å². The summed E-state index contributed by atoms with van der Waals surface area (Å²) >= 11 is 6.13. The summed E-state index contributed by atoms with van der Waals surface area (Å²) in [6.07, 6.45) is 1.50. The van der Waals surface area contributed by atoms with Crippen molar-refractivity contribution in [3.8, 4) is 0 Å². The third-order valence-electron chi connectivity index (χ3n) is 3.93. The number of halogens is 1. The molecule has 1 aromatic rings. The van der Waals surface area contributed by atoms with Crippen LogP contribution in [0.1, 0.15) is 24.0 Å². The highest BCUT2D eigenvalue weighted by atomic mass is 35.5. The number of amides is 1. The number of carbonyl (C=O) groups is 1. The van der Waals surface area contributed by atoms with Gasteiger partial charge in [-0.3, -0.25) is 9.79 Å². The van der Waals surface area contributed by atoms with Gasteiger partial charge in [-0.25, -0.2) is 0 Å². The van der Waals surface area contributed by atoms with Crippen molar-refractivity contribution in [3.05, 3.63) is 34.3 Å². The zero-order chi connectivity index (χ0) is 13.5. The summed E-state index contributed by atoms with van der Waals surface area (Å²) in [6, 6.07) is 5.67. The number of hydrogen-bond acceptors (Lipinski definition) is 3. The number of piperidine rings is 1. The molecule has 4 nitrogen and oxygen atoms in total. The highest BCUT2D eigenvalue weighted by molar-refractivity contribution is 6.32. The Bertz CT molecular complexity index is 562. The maximum Gasteiger partial charge on any atom is 0.253 e. The van der Waals surface area contributed by atoms with Crippen LogP contribution >= 0.6 is 11.6 Å². The lowest BCUT2D eigenvalue weighted by molar-refractivity contribution is -0.124. The third-order valence-corrected chi connectivity index (χ3v) is 4.34. The summed E-state index contributed by atoms with van der Waals surface area (Å²) in [7, 11) is 0. The SMILES string of the molecule is Cc1c(Cl)cccc1C1=NC2(CCNCC2)C(=O)N1. The molecule has 1 fully saturated rings. The van der Waals surface area contributed by atoms with Crippen molar-refractivity contribution >= 4 is 23.3 Å². The van der Waals surface area contributed by atoms with E-state index < -0.39 is 5.54 Å². The standard InChI is InChI=1S/C14H16ClN3O/c1-9-10(3-2-4-11(9)15)12-17-13(19)14(18-12)5-7-16-8-6-14/h2-4,16H,5-8H2,1H3,(H,17,18,19). The van der Waals surface area contributed by atoms with Gasteiger partial charge in [-0.05, 0) is 44.5 Å². The lowest BCUT2D eigenvalue weighted by Gasteiger charge is -2.28. The normalized spacial score (nSPS) is 21.4. The number of benzene rings is 1. The molecule has 2 aliphatic rings. The van der Waals surface area contributed by atoms with Crippen molar-refractivity contribution in [1.29, 1.82) is 0 Å². The Morgan fingerprint density at radius 3 is 2.79 bits per heavy atom. The van der Waals surface area contributed by atoms with E-state index in [1.807, 2.05) is 25.1 Å². The van der Waals surface area contributed by atoms with E-state index in [1.165, 1.54) is 0 Å². The van der Waals surface area contributed by atoms with Crippen LogP contribution in [0.25, 0.3) is 0 Å². The molecule has 0 atom stereocenters.